The van der Waals surface area contributed by atoms with E-state index in [9.17, 15) is 14.4 Å². The van der Waals surface area contributed by atoms with Crippen LogP contribution < -0.4 is 21.2 Å². The highest BCUT2D eigenvalue weighted by Gasteiger charge is 2.25. The number of amides is 1. The first-order valence-electron chi connectivity index (χ1n) is 12.5. The minimum atomic E-state index is -1.04. The summed E-state index contributed by atoms with van der Waals surface area (Å²) >= 11 is 0. The van der Waals surface area contributed by atoms with E-state index in [1.54, 1.807) is 13.0 Å². The molecule has 0 spiro atoms. The highest BCUT2D eigenvalue weighted by Crippen LogP contribution is 2.26. The van der Waals surface area contributed by atoms with Crippen LogP contribution in [0.1, 0.15) is 16.7 Å². The van der Waals surface area contributed by atoms with Gasteiger partial charge >= 0.3 is 12.1 Å². The maximum absolute atomic E-state index is 13.3. The molecule has 0 aliphatic rings. The van der Waals surface area contributed by atoms with Crippen molar-refractivity contribution in [1.82, 2.24) is 15.3 Å². The fourth-order valence-electron chi connectivity index (χ4n) is 4.25. The lowest BCUT2D eigenvalue weighted by molar-refractivity contribution is -0.136. The van der Waals surface area contributed by atoms with E-state index in [0.717, 1.165) is 11.1 Å². The van der Waals surface area contributed by atoms with Gasteiger partial charge in [-0.1, -0.05) is 60.7 Å². The van der Waals surface area contributed by atoms with Crippen molar-refractivity contribution in [3.8, 4) is 17.1 Å². The number of carbonyl (C=O) groups is 2. The van der Waals surface area contributed by atoms with E-state index in [1.807, 2.05) is 60.7 Å². The molecule has 1 atom stereocenters. The molecule has 2 heterocycles. The van der Waals surface area contributed by atoms with Crippen molar-refractivity contribution in [1.29, 1.82) is 0 Å². The minimum absolute atomic E-state index is 0.0509. The molecule has 202 valence electrons. The molecule has 10 nitrogen and oxygen atoms in total. The normalized spacial score (nSPS) is 11.6. The third-order valence-electron chi connectivity index (χ3n) is 6.19. The fraction of sp³-hybridized carbons (Fsp3) is 0.133. The third kappa shape index (κ3) is 6.02. The van der Waals surface area contributed by atoms with Crippen molar-refractivity contribution in [3.63, 3.8) is 0 Å². The van der Waals surface area contributed by atoms with Gasteiger partial charge in [0.25, 0.3) is 0 Å². The van der Waals surface area contributed by atoms with Gasteiger partial charge in [0.05, 0.1) is 11.6 Å². The summed E-state index contributed by atoms with van der Waals surface area (Å²) < 4.78 is 16.7. The van der Waals surface area contributed by atoms with Crippen LogP contribution >= 0.6 is 0 Å². The highest BCUT2D eigenvalue weighted by atomic mass is 16.6. The smallest absolute Gasteiger partial charge is 0.408 e. The molecule has 0 aliphatic carbocycles. The van der Waals surface area contributed by atoms with Crippen LogP contribution in [0.15, 0.2) is 94.5 Å². The van der Waals surface area contributed by atoms with Crippen LogP contribution in [0.2, 0.25) is 0 Å². The monoisotopic (exact) mass is 538 g/mol. The summed E-state index contributed by atoms with van der Waals surface area (Å²) in [5.41, 5.74) is 7.99. The number of aryl methyl sites for hydroxylation is 1. The van der Waals surface area contributed by atoms with Gasteiger partial charge in [-0.25, -0.2) is 14.6 Å². The molecule has 0 radical (unpaired) electrons. The van der Waals surface area contributed by atoms with E-state index in [1.165, 1.54) is 18.5 Å². The fourth-order valence-corrected chi connectivity index (χ4v) is 4.25. The van der Waals surface area contributed by atoms with Gasteiger partial charge in [0.15, 0.2) is 0 Å². The number of ether oxygens (including phenoxy) is 2. The van der Waals surface area contributed by atoms with Gasteiger partial charge < -0.3 is 29.9 Å². The maximum atomic E-state index is 13.3. The molecular formula is C30H26N4O6. The summed E-state index contributed by atoms with van der Waals surface area (Å²) in [7, 11) is 0. The SMILES string of the molecule is Cc1cc(OC(=O)C(Cc2ccccc2)NC(=O)OCc2ccccc2)cc2occ(-c3ncc(N)[nH]3)c(=O)c12. The summed E-state index contributed by atoms with van der Waals surface area (Å²) in [6.07, 6.45) is 2.10. The van der Waals surface area contributed by atoms with Crippen LogP contribution in [0.3, 0.4) is 0 Å². The van der Waals surface area contributed by atoms with Gasteiger partial charge in [0.2, 0.25) is 5.43 Å². The van der Waals surface area contributed by atoms with Crippen LogP contribution in [0, 0.1) is 6.92 Å². The highest BCUT2D eigenvalue weighted by molar-refractivity contribution is 5.87. The number of alkyl carbamates (subject to hydrolysis) is 1. The van der Waals surface area contributed by atoms with E-state index in [0.29, 0.717) is 16.8 Å². The predicted molar refractivity (Wildman–Crippen MR) is 149 cm³/mol. The summed E-state index contributed by atoms with van der Waals surface area (Å²) in [5, 5.41) is 2.93. The molecule has 5 aromatic rings. The minimum Gasteiger partial charge on any atom is -0.463 e. The summed E-state index contributed by atoms with van der Waals surface area (Å²) in [6.45, 7) is 1.76. The molecule has 0 bridgehead atoms. The van der Waals surface area contributed by atoms with E-state index in [4.69, 9.17) is 19.6 Å². The lowest BCUT2D eigenvalue weighted by Gasteiger charge is -2.18. The topological polar surface area (TPSA) is 150 Å². The van der Waals surface area contributed by atoms with Gasteiger partial charge in [0.1, 0.15) is 47.5 Å². The molecule has 0 saturated carbocycles. The first-order chi connectivity index (χ1) is 19.4. The first-order valence-corrected chi connectivity index (χ1v) is 12.5. The van der Waals surface area contributed by atoms with Crippen molar-refractivity contribution < 1.29 is 23.5 Å². The number of hydrogen-bond acceptors (Lipinski definition) is 8. The Balaban J connectivity index is 1.36. The van der Waals surface area contributed by atoms with Crippen molar-refractivity contribution in [3.05, 3.63) is 112 Å². The van der Waals surface area contributed by atoms with E-state index in [-0.39, 0.29) is 41.2 Å². The quantitative estimate of drug-likeness (QED) is 0.193. The van der Waals surface area contributed by atoms with Gasteiger partial charge in [0, 0.05) is 12.5 Å². The number of nitrogen functional groups attached to an aromatic ring is 1. The average Bonchev–Trinajstić information content (AvgIpc) is 3.38. The zero-order valence-corrected chi connectivity index (χ0v) is 21.5. The van der Waals surface area contributed by atoms with Crippen LogP contribution in [0.5, 0.6) is 5.75 Å². The molecule has 0 fully saturated rings. The van der Waals surface area contributed by atoms with Crippen LogP contribution in [-0.2, 0) is 22.6 Å². The summed E-state index contributed by atoms with van der Waals surface area (Å²) in [6, 6.07) is 20.4. The molecule has 0 aliphatic heterocycles. The molecule has 4 N–H and O–H groups in total. The molecule has 10 heteroatoms. The molecule has 5 rings (SSSR count). The molecule has 1 amide bonds. The Morgan fingerprint density at radius 3 is 2.42 bits per heavy atom. The molecular weight excluding hydrogens is 512 g/mol. The predicted octanol–water partition coefficient (Wildman–Crippen LogP) is 4.52. The number of imidazole rings is 1. The van der Waals surface area contributed by atoms with E-state index < -0.39 is 18.1 Å². The number of aromatic amines is 1. The lowest BCUT2D eigenvalue weighted by atomic mass is 10.1. The van der Waals surface area contributed by atoms with Crippen LogP contribution in [0.4, 0.5) is 10.6 Å². The number of hydrogen-bond donors (Lipinski definition) is 3. The van der Waals surface area contributed by atoms with Crippen molar-refractivity contribution in [2.45, 2.75) is 26.0 Å². The van der Waals surface area contributed by atoms with Gasteiger partial charge in [-0.05, 0) is 29.7 Å². The number of nitrogens with one attached hydrogen (secondary N) is 2. The van der Waals surface area contributed by atoms with E-state index >= 15 is 0 Å². The molecule has 0 saturated heterocycles. The standard InChI is InChI=1S/C30H26N4O6/c1-18-12-21(14-24-26(18)27(35)22(17-38-24)28-32-15-25(31)34-28)40-29(36)23(13-19-8-4-2-5-9-19)33-30(37)39-16-20-10-6-3-7-11-20/h2-12,14-15,17,23H,13,16,31H2,1H3,(H,32,34)(H,33,37). The van der Waals surface area contributed by atoms with Crippen molar-refractivity contribution >= 4 is 28.8 Å². The average molecular weight is 539 g/mol. The van der Waals surface area contributed by atoms with Gasteiger partial charge in [-0.3, -0.25) is 4.79 Å². The number of carbonyl (C=O) groups excluding carboxylic acids is 2. The Kier molecular flexibility index (Phi) is 7.58. The number of nitrogens with two attached hydrogens (primary N) is 1. The first kappa shape index (κ1) is 26.2. The number of benzene rings is 3. The Morgan fingerprint density at radius 2 is 1.75 bits per heavy atom. The van der Waals surface area contributed by atoms with Crippen LogP contribution in [-0.4, -0.2) is 28.1 Å². The van der Waals surface area contributed by atoms with Crippen molar-refractivity contribution in [2.24, 2.45) is 0 Å². The number of aromatic nitrogens is 2. The molecule has 3 aromatic carbocycles. The zero-order valence-electron chi connectivity index (χ0n) is 21.5. The second-order valence-electron chi connectivity index (χ2n) is 9.15. The largest absolute Gasteiger partial charge is 0.463 e. The second-order valence-corrected chi connectivity index (χ2v) is 9.15. The van der Waals surface area contributed by atoms with Gasteiger partial charge in [-0.15, -0.1) is 0 Å². The molecule has 1 unspecified atom stereocenters. The number of anilines is 1. The lowest BCUT2D eigenvalue weighted by Crippen LogP contribution is -2.44. The zero-order chi connectivity index (χ0) is 28.1. The maximum Gasteiger partial charge on any atom is 0.408 e. The Bertz CT molecular complexity index is 1710. The van der Waals surface area contributed by atoms with E-state index in [2.05, 4.69) is 15.3 Å². The van der Waals surface area contributed by atoms with Crippen molar-refractivity contribution in [2.75, 3.05) is 5.73 Å². The molecule has 2 aromatic heterocycles. The second kappa shape index (κ2) is 11.6. The number of fused-ring (bicyclic) bond motifs is 1. The number of rotatable bonds is 8. The Morgan fingerprint density at radius 1 is 1.05 bits per heavy atom. The summed E-state index contributed by atoms with van der Waals surface area (Å²) in [5.74, 6) is 0.0584. The Labute approximate surface area is 228 Å². The number of nitrogens with zero attached hydrogens (tertiary/aromatic N) is 1. The van der Waals surface area contributed by atoms with Crippen LogP contribution in [0.25, 0.3) is 22.4 Å². The number of esters is 1. The number of H-pyrrole nitrogens is 1. The van der Waals surface area contributed by atoms with Gasteiger partial charge in [-0.2, -0.15) is 0 Å². The molecule has 40 heavy (non-hydrogen) atoms. The summed E-state index contributed by atoms with van der Waals surface area (Å²) in [4.78, 5) is 45.9. The third-order valence-corrected chi connectivity index (χ3v) is 6.19. The Hall–Kier alpha value is -5.38.